The van der Waals surface area contributed by atoms with Crippen LogP contribution in [0.3, 0.4) is 0 Å². The summed E-state index contributed by atoms with van der Waals surface area (Å²) >= 11 is 0. The number of aliphatic hydroxyl groups excluding tert-OH is 1. The molecule has 0 heterocycles. The lowest BCUT2D eigenvalue weighted by Crippen LogP contribution is -2.49. The minimum atomic E-state index is -3.59. The van der Waals surface area contributed by atoms with Crippen LogP contribution in [0.15, 0.2) is 103 Å². The molecule has 248 valence electrons. The summed E-state index contributed by atoms with van der Waals surface area (Å²) in [5.41, 5.74) is 3.74. The van der Waals surface area contributed by atoms with Crippen molar-refractivity contribution in [1.82, 2.24) is 5.32 Å². The van der Waals surface area contributed by atoms with E-state index in [-0.39, 0.29) is 31.0 Å². The van der Waals surface area contributed by atoms with E-state index in [0.29, 0.717) is 29.4 Å². The zero-order valence-corrected chi connectivity index (χ0v) is 27.2. The third-order valence-corrected chi connectivity index (χ3v) is 9.06. The molecule has 0 aromatic heterocycles. The summed E-state index contributed by atoms with van der Waals surface area (Å²) in [5.74, 6) is 0.206. The van der Waals surface area contributed by atoms with Crippen molar-refractivity contribution in [2.24, 2.45) is 0 Å². The molecule has 0 aliphatic heterocycles. The predicted octanol–water partition coefficient (Wildman–Crippen LogP) is 6.00. The van der Waals surface area contributed by atoms with E-state index in [2.05, 4.69) is 10.0 Å². The van der Waals surface area contributed by atoms with Gasteiger partial charge in [0.15, 0.2) is 0 Å². The van der Waals surface area contributed by atoms with Crippen LogP contribution in [0.5, 0.6) is 11.5 Å². The van der Waals surface area contributed by atoms with Gasteiger partial charge in [-0.05, 0) is 79.0 Å². The molecule has 1 aliphatic rings. The summed E-state index contributed by atoms with van der Waals surface area (Å²) in [6.45, 7) is 0.266. The summed E-state index contributed by atoms with van der Waals surface area (Å²) < 4.78 is 38.7. The number of anilines is 1. The van der Waals surface area contributed by atoms with Gasteiger partial charge in [0.05, 0.1) is 17.5 Å². The van der Waals surface area contributed by atoms with Crippen LogP contribution < -0.4 is 19.5 Å². The second-order valence-corrected chi connectivity index (χ2v) is 13.9. The largest absolute Gasteiger partial charge is 0.491 e. The van der Waals surface area contributed by atoms with Crippen LogP contribution in [-0.4, -0.2) is 55.7 Å². The number of ether oxygens (including phenoxy) is 2. The van der Waals surface area contributed by atoms with Crippen molar-refractivity contribution in [1.29, 1.82) is 0 Å². The Morgan fingerprint density at radius 1 is 0.851 bits per heavy atom. The van der Waals surface area contributed by atoms with Gasteiger partial charge in [-0.25, -0.2) is 13.2 Å². The van der Waals surface area contributed by atoms with Crippen LogP contribution in [0.2, 0.25) is 0 Å². The molecule has 2 atom stereocenters. The lowest BCUT2D eigenvalue weighted by Gasteiger charge is -2.34. The molecule has 9 nitrogen and oxygen atoms in total. The van der Waals surface area contributed by atoms with Gasteiger partial charge in [0.25, 0.3) is 0 Å². The van der Waals surface area contributed by atoms with E-state index in [9.17, 15) is 23.4 Å². The average molecular weight is 659 g/mol. The Hall–Kier alpha value is -4.38. The molecular weight excluding hydrogens is 616 g/mol. The van der Waals surface area contributed by atoms with Crippen molar-refractivity contribution in [3.05, 3.63) is 125 Å². The molecule has 10 heteroatoms. The van der Waals surface area contributed by atoms with Crippen molar-refractivity contribution in [3.8, 4) is 11.5 Å². The molecule has 1 saturated carbocycles. The Kier molecular flexibility index (Phi) is 11.5. The quantitative estimate of drug-likeness (QED) is 0.122. The summed E-state index contributed by atoms with van der Waals surface area (Å²) in [6, 6.07) is 31.6. The van der Waals surface area contributed by atoms with Gasteiger partial charge in [-0.1, -0.05) is 72.8 Å². The van der Waals surface area contributed by atoms with Gasteiger partial charge in [0.2, 0.25) is 10.0 Å². The Labute approximate surface area is 276 Å². The molecular formula is C37H42N2O7S. The topological polar surface area (TPSA) is 134 Å². The fourth-order valence-electron chi connectivity index (χ4n) is 6.01. The average Bonchev–Trinajstić information content (AvgIpc) is 3.07. The molecule has 0 spiro atoms. The summed E-state index contributed by atoms with van der Waals surface area (Å²) in [5, 5.41) is 24.3. The standard InChI is InChI=1S/C37H42N2O7S/c1-47(43,44)39-34-23-32(20-21-36(34)46-24-27-10-6-3-7-11-27)45-25-35(40)33(22-26-8-4-2-5-9-26)38-31-18-16-29(17-19-31)28-12-14-30(15-13-28)37(41)42/h2-15,20-21,23,29,31,33,35,38-40H,16-19,22,24-25H2,1H3,(H,41,42)/t29?,31?,33?,35-/m1/s1. The van der Waals surface area contributed by atoms with Gasteiger partial charge in [0, 0.05) is 18.2 Å². The number of carboxylic acids is 1. The van der Waals surface area contributed by atoms with Crippen molar-refractivity contribution < 1.29 is 32.9 Å². The zero-order chi connectivity index (χ0) is 33.2. The van der Waals surface area contributed by atoms with Crippen LogP contribution in [0.4, 0.5) is 5.69 Å². The van der Waals surface area contributed by atoms with E-state index >= 15 is 0 Å². The molecule has 1 unspecified atom stereocenters. The van der Waals surface area contributed by atoms with Crippen LogP contribution in [-0.2, 0) is 23.1 Å². The lowest BCUT2D eigenvalue weighted by atomic mass is 9.81. The van der Waals surface area contributed by atoms with Gasteiger partial charge in [-0.2, -0.15) is 0 Å². The lowest BCUT2D eigenvalue weighted by molar-refractivity contribution is 0.0659. The van der Waals surface area contributed by atoms with Crippen molar-refractivity contribution in [3.63, 3.8) is 0 Å². The number of hydrogen-bond donors (Lipinski definition) is 4. The number of carbonyl (C=O) groups is 1. The molecule has 0 radical (unpaired) electrons. The number of nitrogens with one attached hydrogen (secondary N) is 2. The molecule has 0 amide bonds. The second kappa shape index (κ2) is 15.9. The molecule has 0 saturated heterocycles. The Morgan fingerprint density at radius 2 is 1.49 bits per heavy atom. The molecule has 5 rings (SSSR count). The predicted molar refractivity (Wildman–Crippen MR) is 183 cm³/mol. The zero-order valence-electron chi connectivity index (χ0n) is 26.4. The fourth-order valence-corrected chi connectivity index (χ4v) is 6.56. The molecule has 0 bridgehead atoms. The normalized spacial score (nSPS) is 17.7. The Morgan fingerprint density at radius 3 is 2.11 bits per heavy atom. The first-order valence-corrected chi connectivity index (χ1v) is 17.7. The van der Waals surface area contributed by atoms with E-state index < -0.39 is 22.1 Å². The minimum Gasteiger partial charge on any atom is -0.491 e. The monoisotopic (exact) mass is 658 g/mol. The van der Waals surface area contributed by atoms with Crippen LogP contribution in [0.1, 0.15) is 58.6 Å². The van der Waals surface area contributed by atoms with Crippen molar-refractivity contribution in [2.75, 3.05) is 17.6 Å². The molecule has 4 N–H and O–H groups in total. The number of sulfonamides is 1. The maximum atomic E-state index is 12.1. The number of rotatable bonds is 15. The maximum absolute atomic E-state index is 12.1. The number of aliphatic hydroxyl groups is 1. The first kappa shape index (κ1) is 34.0. The number of carboxylic acid groups (broad SMARTS) is 1. The first-order valence-electron chi connectivity index (χ1n) is 15.9. The van der Waals surface area contributed by atoms with E-state index in [1.165, 1.54) is 0 Å². The minimum absolute atomic E-state index is 0.00168. The number of benzene rings is 4. The van der Waals surface area contributed by atoms with Crippen LogP contribution in [0.25, 0.3) is 0 Å². The molecule has 4 aromatic rings. The van der Waals surface area contributed by atoms with Gasteiger partial charge >= 0.3 is 5.97 Å². The van der Waals surface area contributed by atoms with Gasteiger partial charge in [-0.15, -0.1) is 0 Å². The van der Waals surface area contributed by atoms with E-state index in [0.717, 1.165) is 48.6 Å². The third kappa shape index (κ3) is 10.3. The third-order valence-electron chi connectivity index (χ3n) is 8.47. The molecule has 4 aromatic carbocycles. The van der Waals surface area contributed by atoms with Crippen LogP contribution in [0, 0.1) is 0 Å². The van der Waals surface area contributed by atoms with Crippen molar-refractivity contribution in [2.45, 2.75) is 62.8 Å². The number of hydrogen-bond acceptors (Lipinski definition) is 7. The van der Waals surface area contributed by atoms with E-state index in [1.54, 1.807) is 30.3 Å². The first-order chi connectivity index (χ1) is 22.6. The molecule has 1 aliphatic carbocycles. The van der Waals surface area contributed by atoms with E-state index in [1.807, 2.05) is 72.8 Å². The fraction of sp³-hybridized carbons (Fsp3) is 0.324. The molecule has 47 heavy (non-hydrogen) atoms. The summed E-state index contributed by atoms with van der Waals surface area (Å²) in [6.07, 6.45) is 4.61. The smallest absolute Gasteiger partial charge is 0.335 e. The van der Waals surface area contributed by atoms with Gasteiger partial charge in [-0.3, -0.25) is 4.72 Å². The van der Waals surface area contributed by atoms with Crippen molar-refractivity contribution >= 4 is 21.7 Å². The molecule has 1 fully saturated rings. The SMILES string of the molecule is CS(=O)(=O)Nc1cc(OC[C@@H](O)C(Cc2ccccc2)NC2CCC(c3ccc(C(=O)O)cc3)CC2)ccc1OCc1ccccc1. The number of aromatic carboxylic acids is 1. The van der Waals surface area contributed by atoms with Crippen LogP contribution >= 0.6 is 0 Å². The summed E-state index contributed by atoms with van der Waals surface area (Å²) in [4.78, 5) is 11.2. The Bertz CT molecular complexity index is 1690. The highest BCUT2D eigenvalue weighted by Gasteiger charge is 2.28. The highest BCUT2D eigenvalue weighted by atomic mass is 32.2. The van der Waals surface area contributed by atoms with E-state index in [4.69, 9.17) is 9.47 Å². The highest BCUT2D eigenvalue weighted by Crippen LogP contribution is 2.34. The maximum Gasteiger partial charge on any atom is 0.335 e. The Balaban J connectivity index is 1.23. The second-order valence-electron chi connectivity index (χ2n) is 12.1. The highest BCUT2D eigenvalue weighted by molar-refractivity contribution is 7.92. The summed E-state index contributed by atoms with van der Waals surface area (Å²) in [7, 11) is -3.59. The van der Waals surface area contributed by atoms with Gasteiger partial charge < -0.3 is 25.0 Å². The van der Waals surface area contributed by atoms with Gasteiger partial charge in [0.1, 0.15) is 30.8 Å².